The van der Waals surface area contributed by atoms with Crippen molar-refractivity contribution < 1.29 is 4.79 Å². The summed E-state index contributed by atoms with van der Waals surface area (Å²) in [6, 6.07) is 9.68. The lowest BCUT2D eigenvalue weighted by molar-refractivity contribution is 0.102. The number of nitrogen functional groups attached to an aromatic ring is 1. The molecule has 0 saturated carbocycles. The summed E-state index contributed by atoms with van der Waals surface area (Å²) in [6.07, 6.45) is 0. The molecule has 0 amide bonds. The highest BCUT2D eigenvalue weighted by Crippen LogP contribution is 2.26. The van der Waals surface area contributed by atoms with Gasteiger partial charge in [-0.2, -0.15) is 0 Å². The van der Waals surface area contributed by atoms with E-state index in [0.29, 0.717) is 21.8 Å². The topological polar surface area (TPSA) is 73.8 Å². The second-order valence-electron chi connectivity index (χ2n) is 5.58. The summed E-state index contributed by atoms with van der Waals surface area (Å²) < 4.78 is 2.82. The second-order valence-corrected chi connectivity index (χ2v) is 8.22. The molecule has 0 bridgehead atoms. The summed E-state index contributed by atoms with van der Waals surface area (Å²) in [6.45, 7) is 4.61. The molecule has 25 heavy (non-hydrogen) atoms. The van der Waals surface area contributed by atoms with Crippen molar-refractivity contribution in [1.82, 2.24) is 14.8 Å². The van der Waals surface area contributed by atoms with Crippen molar-refractivity contribution >= 4 is 45.6 Å². The molecule has 0 fully saturated rings. The van der Waals surface area contributed by atoms with Crippen LogP contribution in [0.25, 0.3) is 0 Å². The summed E-state index contributed by atoms with van der Waals surface area (Å²) in [7, 11) is 0. The van der Waals surface area contributed by atoms with Gasteiger partial charge in [0.25, 0.3) is 0 Å². The van der Waals surface area contributed by atoms with E-state index in [1.165, 1.54) is 23.1 Å². The first-order chi connectivity index (χ1) is 12.0. The normalized spacial score (nSPS) is 11.0. The minimum atomic E-state index is 0.0669. The first-order valence-electron chi connectivity index (χ1n) is 7.61. The van der Waals surface area contributed by atoms with Crippen LogP contribution in [0.3, 0.4) is 0 Å². The fourth-order valence-corrected chi connectivity index (χ4v) is 4.32. The van der Waals surface area contributed by atoms with Gasteiger partial charge in [-0.1, -0.05) is 52.9 Å². The van der Waals surface area contributed by atoms with Crippen LogP contribution in [0, 0.1) is 13.8 Å². The van der Waals surface area contributed by atoms with E-state index in [4.69, 9.17) is 17.3 Å². The number of thioether (sulfide) groups is 1. The Morgan fingerprint density at radius 2 is 2.08 bits per heavy atom. The molecule has 3 rings (SSSR count). The van der Waals surface area contributed by atoms with Crippen molar-refractivity contribution in [2.24, 2.45) is 0 Å². The Bertz CT molecular complexity index is 919. The molecule has 0 radical (unpaired) electrons. The third-order valence-electron chi connectivity index (χ3n) is 3.91. The van der Waals surface area contributed by atoms with E-state index in [1.54, 1.807) is 0 Å². The van der Waals surface area contributed by atoms with Crippen LogP contribution < -0.4 is 5.73 Å². The molecule has 2 heterocycles. The summed E-state index contributed by atoms with van der Waals surface area (Å²) in [4.78, 5) is 12.6. The number of halogens is 1. The molecule has 5 nitrogen and oxygen atoms in total. The number of hydrogen-bond acceptors (Lipinski definition) is 6. The lowest BCUT2D eigenvalue weighted by atomic mass is 10.2. The molecule has 0 atom stereocenters. The molecule has 3 aromatic rings. The van der Waals surface area contributed by atoms with Crippen molar-refractivity contribution in [2.45, 2.75) is 24.7 Å². The van der Waals surface area contributed by atoms with Gasteiger partial charge < -0.3 is 10.3 Å². The highest BCUT2D eigenvalue weighted by molar-refractivity contribution is 8.01. The van der Waals surface area contributed by atoms with Crippen molar-refractivity contribution in [3.8, 4) is 0 Å². The number of nitrogens with zero attached hydrogens (tertiary/aromatic N) is 3. The summed E-state index contributed by atoms with van der Waals surface area (Å²) in [5.41, 5.74) is 9.30. The highest BCUT2D eigenvalue weighted by Gasteiger charge is 2.17. The first kappa shape index (κ1) is 18.0. The molecule has 0 saturated heterocycles. The number of ketones is 1. The number of Topliss-reactive ketones (excluding diaryl/α,β-unsaturated/α-hetero) is 1. The Labute approximate surface area is 159 Å². The maximum absolute atomic E-state index is 12.6. The Balaban J connectivity index is 1.76. The summed E-state index contributed by atoms with van der Waals surface area (Å²) in [5, 5.41) is 8.82. The molecule has 8 heteroatoms. The third kappa shape index (κ3) is 4.05. The molecule has 0 aliphatic rings. The molecular formula is C17H17ClN4OS2. The fraction of sp³-hybridized carbons (Fsp3) is 0.235. The Morgan fingerprint density at radius 1 is 1.32 bits per heavy atom. The lowest BCUT2D eigenvalue weighted by Gasteiger charge is -2.11. The first-order valence-corrected chi connectivity index (χ1v) is 9.79. The number of carbonyl (C=O) groups is 1. The van der Waals surface area contributed by atoms with Crippen LogP contribution in [0.2, 0.25) is 5.02 Å². The van der Waals surface area contributed by atoms with Gasteiger partial charge in [-0.05, 0) is 31.5 Å². The lowest BCUT2D eigenvalue weighted by Crippen LogP contribution is -2.07. The van der Waals surface area contributed by atoms with E-state index in [1.807, 2.05) is 44.2 Å². The van der Waals surface area contributed by atoms with Crippen molar-refractivity contribution in [1.29, 1.82) is 0 Å². The van der Waals surface area contributed by atoms with E-state index in [0.717, 1.165) is 27.5 Å². The van der Waals surface area contributed by atoms with E-state index >= 15 is 0 Å². The summed E-state index contributed by atoms with van der Waals surface area (Å²) >= 11 is 8.91. The van der Waals surface area contributed by atoms with Crippen molar-refractivity contribution in [2.75, 3.05) is 11.5 Å². The zero-order valence-corrected chi connectivity index (χ0v) is 16.2. The van der Waals surface area contributed by atoms with E-state index < -0.39 is 0 Å². The Hall–Kier alpha value is -1.83. The standard InChI is InChI=1S/C17H17ClN4OS2/c1-10-7-13(15(23)9-24-17-21-20-16(19)25-17)11(2)22(10)8-12-5-3-4-6-14(12)18/h3-7H,8-9H2,1-2H3,(H2,19,20). The average Bonchev–Trinajstić information content (AvgIpc) is 3.12. The number of aromatic nitrogens is 3. The average molecular weight is 393 g/mol. The van der Waals surface area contributed by atoms with E-state index in [2.05, 4.69) is 14.8 Å². The number of benzene rings is 1. The molecule has 2 aromatic heterocycles. The minimum Gasteiger partial charge on any atom is -0.374 e. The zero-order valence-electron chi connectivity index (χ0n) is 13.8. The smallest absolute Gasteiger partial charge is 0.203 e. The van der Waals surface area contributed by atoms with E-state index in [9.17, 15) is 4.79 Å². The molecule has 0 unspecified atom stereocenters. The van der Waals surface area contributed by atoms with Crippen LogP contribution in [0.4, 0.5) is 5.13 Å². The molecule has 130 valence electrons. The molecular weight excluding hydrogens is 376 g/mol. The van der Waals surface area contributed by atoms with Crippen LogP contribution in [0.15, 0.2) is 34.7 Å². The molecule has 0 spiro atoms. The highest BCUT2D eigenvalue weighted by atomic mass is 35.5. The van der Waals surface area contributed by atoms with Crippen LogP contribution in [0.5, 0.6) is 0 Å². The number of anilines is 1. The second kappa shape index (κ2) is 7.59. The SMILES string of the molecule is Cc1cc(C(=O)CSc2nnc(N)s2)c(C)n1Cc1ccccc1Cl. The number of nitrogens with two attached hydrogens (primary N) is 1. The number of rotatable bonds is 6. The van der Waals surface area contributed by atoms with Crippen LogP contribution in [-0.4, -0.2) is 26.3 Å². The van der Waals surface area contributed by atoms with Gasteiger partial charge in [0.1, 0.15) is 0 Å². The van der Waals surface area contributed by atoms with Crippen LogP contribution in [0.1, 0.15) is 27.3 Å². The Kier molecular flexibility index (Phi) is 5.46. The van der Waals surface area contributed by atoms with Gasteiger partial charge in [0, 0.05) is 28.5 Å². The quantitative estimate of drug-likeness (QED) is 0.502. The maximum Gasteiger partial charge on any atom is 0.203 e. The molecule has 0 aliphatic heterocycles. The van der Waals surface area contributed by atoms with Gasteiger partial charge >= 0.3 is 0 Å². The van der Waals surface area contributed by atoms with Gasteiger partial charge in [-0.25, -0.2) is 0 Å². The monoisotopic (exact) mass is 392 g/mol. The van der Waals surface area contributed by atoms with Crippen molar-refractivity contribution in [3.05, 3.63) is 57.9 Å². The fourth-order valence-electron chi connectivity index (χ4n) is 2.61. The van der Waals surface area contributed by atoms with Gasteiger partial charge in [0.05, 0.1) is 5.75 Å². The maximum atomic E-state index is 12.6. The summed E-state index contributed by atoms with van der Waals surface area (Å²) in [5.74, 6) is 0.377. The molecule has 0 aliphatic carbocycles. The number of aryl methyl sites for hydroxylation is 1. The minimum absolute atomic E-state index is 0.0669. The predicted molar refractivity (Wildman–Crippen MR) is 104 cm³/mol. The van der Waals surface area contributed by atoms with Crippen LogP contribution >= 0.6 is 34.7 Å². The van der Waals surface area contributed by atoms with Gasteiger partial charge in [-0.3, -0.25) is 4.79 Å². The molecule has 2 N–H and O–H groups in total. The predicted octanol–water partition coefficient (Wildman–Crippen LogP) is 4.22. The van der Waals surface area contributed by atoms with Crippen LogP contribution in [-0.2, 0) is 6.54 Å². The number of carbonyl (C=O) groups excluding carboxylic acids is 1. The van der Waals surface area contributed by atoms with Crippen molar-refractivity contribution in [3.63, 3.8) is 0 Å². The zero-order chi connectivity index (χ0) is 18.0. The Morgan fingerprint density at radius 3 is 2.76 bits per heavy atom. The van der Waals surface area contributed by atoms with Gasteiger partial charge in [0.2, 0.25) is 5.13 Å². The third-order valence-corrected chi connectivity index (χ3v) is 6.16. The number of hydrogen-bond donors (Lipinski definition) is 1. The van der Waals surface area contributed by atoms with Gasteiger partial charge in [0.15, 0.2) is 10.1 Å². The van der Waals surface area contributed by atoms with E-state index in [-0.39, 0.29) is 5.78 Å². The van der Waals surface area contributed by atoms with Gasteiger partial charge in [-0.15, -0.1) is 10.2 Å². The largest absolute Gasteiger partial charge is 0.374 e. The molecule has 1 aromatic carbocycles.